The van der Waals surface area contributed by atoms with E-state index < -0.39 is 25.9 Å². The fraction of sp³-hybridized carbons (Fsp3) is 0.364. The molecule has 28 heavy (non-hydrogen) atoms. The number of nitrogens with two attached hydrogens (primary N) is 1. The van der Waals surface area contributed by atoms with E-state index in [9.17, 15) is 9.59 Å². The lowest BCUT2D eigenvalue weighted by atomic mass is 10.0. The number of rotatable bonds is 10. The number of carbonyl (C=O) groups is 2. The third kappa shape index (κ3) is 7.66. The zero-order valence-corrected chi connectivity index (χ0v) is 17.8. The van der Waals surface area contributed by atoms with E-state index in [-0.39, 0.29) is 13.0 Å². The molecule has 5 nitrogen and oxygen atoms in total. The van der Waals surface area contributed by atoms with Crippen LogP contribution < -0.4 is 10.5 Å². The number of hydrogen-bond acceptors (Lipinski definition) is 5. The first-order chi connectivity index (χ1) is 13.2. The van der Waals surface area contributed by atoms with Gasteiger partial charge in [0.25, 0.3) is 5.78 Å². The van der Waals surface area contributed by atoms with E-state index in [4.69, 9.17) is 15.2 Å². The van der Waals surface area contributed by atoms with E-state index in [0.29, 0.717) is 6.61 Å². The molecule has 0 amide bonds. The van der Waals surface area contributed by atoms with Gasteiger partial charge in [-0.05, 0) is 35.7 Å². The normalized spacial score (nSPS) is 12.3. The van der Waals surface area contributed by atoms with E-state index in [0.717, 1.165) is 22.9 Å². The lowest BCUT2D eigenvalue weighted by molar-refractivity contribution is -0.154. The van der Waals surface area contributed by atoms with Gasteiger partial charge in [-0.2, -0.15) is 0 Å². The van der Waals surface area contributed by atoms with Crippen molar-refractivity contribution in [2.45, 2.75) is 44.8 Å². The fourth-order valence-electron chi connectivity index (χ4n) is 2.48. The van der Waals surface area contributed by atoms with E-state index >= 15 is 0 Å². The third-order valence-electron chi connectivity index (χ3n) is 4.25. The maximum absolute atomic E-state index is 12.1. The summed E-state index contributed by atoms with van der Waals surface area (Å²) in [5.74, 6) is -0.785. The van der Waals surface area contributed by atoms with Crippen LogP contribution in [0.2, 0.25) is 25.7 Å². The zero-order chi connectivity index (χ0) is 20.6. The van der Waals surface area contributed by atoms with Crippen LogP contribution in [-0.4, -0.2) is 32.5 Å². The molecule has 0 aromatic heterocycles. The lowest BCUT2D eigenvalue weighted by Gasteiger charge is -2.16. The number of esters is 1. The fourth-order valence-corrected chi connectivity index (χ4v) is 3.20. The van der Waals surface area contributed by atoms with Crippen molar-refractivity contribution in [3.8, 4) is 5.75 Å². The van der Waals surface area contributed by atoms with Crippen LogP contribution >= 0.6 is 0 Å². The second kappa shape index (κ2) is 10.2. The molecule has 6 heteroatoms. The summed E-state index contributed by atoms with van der Waals surface area (Å²) in [6.07, 6.45) is 0.279. The lowest BCUT2D eigenvalue weighted by Crippen LogP contribution is -2.39. The molecule has 0 unspecified atom stereocenters. The van der Waals surface area contributed by atoms with Gasteiger partial charge in [0.1, 0.15) is 12.4 Å². The van der Waals surface area contributed by atoms with Crippen molar-refractivity contribution in [2.75, 3.05) is 6.61 Å². The summed E-state index contributed by atoms with van der Waals surface area (Å²) in [5.41, 5.74) is 7.86. The molecule has 2 N–H and O–H groups in total. The topological polar surface area (TPSA) is 78.6 Å². The number of ketones is 1. The highest BCUT2D eigenvalue weighted by Gasteiger charge is 2.24. The molecular weight excluding hydrogens is 370 g/mol. The Bertz CT molecular complexity index is 769. The van der Waals surface area contributed by atoms with Crippen LogP contribution in [-0.2, 0) is 27.4 Å². The summed E-state index contributed by atoms with van der Waals surface area (Å²) < 4.78 is 10.8. The predicted octanol–water partition coefficient (Wildman–Crippen LogP) is 3.59. The average molecular weight is 400 g/mol. The van der Waals surface area contributed by atoms with Crippen molar-refractivity contribution in [1.82, 2.24) is 0 Å². The van der Waals surface area contributed by atoms with Gasteiger partial charge in [-0.3, -0.25) is 4.79 Å². The Morgan fingerprint density at radius 3 is 2.21 bits per heavy atom. The molecule has 0 aliphatic heterocycles. The Morgan fingerprint density at radius 2 is 1.61 bits per heavy atom. The first kappa shape index (κ1) is 21.9. The van der Waals surface area contributed by atoms with Crippen molar-refractivity contribution >= 4 is 19.8 Å². The number of carbonyl (C=O) groups excluding carboxylic acids is 2. The minimum atomic E-state index is -1.31. The van der Waals surface area contributed by atoms with Gasteiger partial charge in [0.2, 0.25) is 0 Å². The van der Waals surface area contributed by atoms with E-state index in [1.807, 2.05) is 54.6 Å². The van der Waals surface area contributed by atoms with E-state index in [2.05, 4.69) is 19.6 Å². The van der Waals surface area contributed by atoms with Crippen LogP contribution in [0.25, 0.3) is 0 Å². The van der Waals surface area contributed by atoms with Gasteiger partial charge in [-0.25, -0.2) is 4.79 Å². The van der Waals surface area contributed by atoms with Gasteiger partial charge in [0.05, 0.1) is 12.6 Å². The Hall–Kier alpha value is -2.44. The van der Waals surface area contributed by atoms with Gasteiger partial charge in [0.15, 0.2) is 0 Å². The highest BCUT2D eigenvalue weighted by Crippen LogP contribution is 2.15. The summed E-state index contributed by atoms with van der Waals surface area (Å²) in [5, 5.41) is 0. The van der Waals surface area contributed by atoms with Crippen LogP contribution in [0.4, 0.5) is 0 Å². The molecule has 0 heterocycles. The summed E-state index contributed by atoms with van der Waals surface area (Å²) >= 11 is 0. The van der Waals surface area contributed by atoms with Crippen molar-refractivity contribution < 1.29 is 19.1 Å². The molecule has 0 radical (unpaired) electrons. The van der Waals surface area contributed by atoms with Crippen LogP contribution in [0.3, 0.4) is 0 Å². The molecule has 2 aromatic rings. The average Bonchev–Trinajstić information content (AvgIpc) is 2.66. The van der Waals surface area contributed by atoms with Crippen molar-refractivity contribution in [3.05, 3.63) is 65.7 Å². The van der Waals surface area contributed by atoms with Crippen LogP contribution in [0.15, 0.2) is 54.6 Å². The molecule has 1 atom stereocenters. The molecule has 0 fully saturated rings. The van der Waals surface area contributed by atoms with Gasteiger partial charge in [0, 0.05) is 8.07 Å². The van der Waals surface area contributed by atoms with E-state index in [1.54, 1.807) is 0 Å². The largest absolute Gasteiger partial charge is 0.489 e. The number of benzene rings is 2. The first-order valence-corrected chi connectivity index (χ1v) is 13.2. The minimum absolute atomic E-state index is 0.278. The molecule has 0 aliphatic rings. The molecule has 2 rings (SSSR count). The van der Waals surface area contributed by atoms with Crippen molar-refractivity contribution in [1.29, 1.82) is 0 Å². The molecule has 150 valence electrons. The molecule has 2 aromatic carbocycles. The molecule has 0 bridgehead atoms. The molecule has 0 saturated heterocycles. The van der Waals surface area contributed by atoms with Gasteiger partial charge >= 0.3 is 5.97 Å². The van der Waals surface area contributed by atoms with E-state index in [1.165, 1.54) is 0 Å². The number of ether oxygens (including phenoxy) is 2. The summed E-state index contributed by atoms with van der Waals surface area (Å²) in [4.78, 5) is 24.0. The standard InChI is InChI=1S/C22H29NO4Si/c1-28(2,3)14-13-26-22(25)21(24)20(23)15-17-9-11-19(12-10-17)27-16-18-7-5-4-6-8-18/h4-12,20H,13-16,23H2,1-3H3/t20-/m0/s1. The second-order valence-electron chi connectivity index (χ2n) is 8.04. The SMILES string of the molecule is C[Si](C)(C)CCOC(=O)C(=O)[C@@H](N)Cc1ccc(OCc2ccccc2)cc1. The summed E-state index contributed by atoms with van der Waals surface area (Å²) in [6, 6.07) is 17.2. The zero-order valence-electron chi connectivity index (χ0n) is 16.8. The van der Waals surface area contributed by atoms with Crippen molar-refractivity contribution in [3.63, 3.8) is 0 Å². The third-order valence-corrected chi connectivity index (χ3v) is 5.95. The van der Waals surface area contributed by atoms with Gasteiger partial charge in [-0.1, -0.05) is 62.1 Å². The maximum atomic E-state index is 12.1. The Balaban J connectivity index is 1.80. The minimum Gasteiger partial charge on any atom is -0.489 e. The Labute approximate surface area is 167 Å². The van der Waals surface area contributed by atoms with Crippen molar-refractivity contribution in [2.24, 2.45) is 5.73 Å². The predicted molar refractivity (Wildman–Crippen MR) is 113 cm³/mol. The Morgan fingerprint density at radius 1 is 0.964 bits per heavy atom. The molecule has 0 aliphatic carbocycles. The van der Waals surface area contributed by atoms with Crippen LogP contribution in [0.1, 0.15) is 11.1 Å². The molecule has 0 spiro atoms. The van der Waals surface area contributed by atoms with Crippen LogP contribution in [0, 0.1) is 0 Å². The molecular formula is C22H29NO4Si. The summed E-state index contributed by atoms with van der Waals surface area (Å²) in [6.45, 7) is 7.31. The highest BCUT2D eigenvalue weighted by atomic mass is 28.3. The first-order valence-electron chi connectivity index (χ1n) is 9.47. The van der Waals surface area contributed by atoms with Gasteiger partial charge < -0.3 is 15.2 Å². The van der Waals surface area contributed by atoms with Crippen LogP contribution in [0.5, 0.6) is 5.75 Å². The highest BCUT2D eigenvalue weighted by molar-refractivity contribution is 6.76. The summed E-state index contributed by atoms with van der Waals surface area (Å²) in [7, 11) is -1.31. The number of Topliss-reactive ketones (excluding diaryl/α,β-unsaturated/α-hetero) is 1. The van der Waals surface area contributed by atoms with Gasteiger partial charge in [-0.15, -0.1) is 0 Å². The number of hydrogen-bond donors (Lipinski definition) is 1. The Kier molecular flexibility index (Phi) is 7.96. The maximum Gasteiger partial charge on any atom is 0.376 e. The monoisotopic (exact) mass is 399 g/mol. The quantitative estimate of drug-likeness (QED) is 0.375. The molecule has 0 saturated carbocycles. The smallest absolute Gasteiger partial charge is 0.376 e. The second-order valence-corrected chi connectivity index (χ2v) is 13.7.